The van der Waals surface area contributed by atoms with Crippen LogP contribution in [0.4, 0.5) is 5.69 Å². The Kier molecular flexibility index (Phi) is 6.41. The monoisotopic (exact) mass is 382 g/mol. The van der Waals surface area contributed by atoms with Gasteiger partial charge in [0.2, 0.25) is 0 Å². The lowest BCUT2D eigenvalue weighted by Gasteiger charge is -2.37. The maximum Gasteiger partial charge on any atom is 0.178 e. The molecule has 0 atom stereocenters. The van der Waals surface area contributed by atoms with Gasteiger partial charge in [0.1, 0.15) is 5.82 Å². The smallest absolute Gasteiger partial charge is 0.178 e. The number of rotatable bonds is 6. The molecule has 1 fully saturated rings. The predicted molar refractivity (Wildman–Crippen MR) is 112 cm³/mol. The number of nitrogens with two attached hydrogens (primary N) is 1. The zero-order chi connectivity index (χ0) is 20.1. The average Bonchev–Trinajstić information content (AvgIpc) is 3.06. The van der Waals surface area contributed by atoms with Crippen molar-refractivity contribution in [2.45, 2.75) is 26.8 Å². The molecule has 1 aliphatic heterocycles. The molecule has 150 valence electrons. The molecule has 0 radical (unpaired) electrons. The van der Waals surface area contributed by atoms with Crippen LogP contribution in [0.2, 0.25) is 0 Å². The number of imidazole rings is 1. The van der Waals surface area contributed by atoms with Gasteiger partial charge in [0.05, 0.1) is 6.54 Å². The van der Waals surface area contributed by atoms with Crippen LogP contribution >= 0.6 is 0 Å². The Morgan fingerprint density at radius 2 is 2.00 bits per heavy atom. The van der Waals surface area contributed by atoms with E-state index in [2.05, 4.69) is 55.7 Å². The van der Waals surface area contributed by atoms with Crippen LogP contribution in [0.25, 0.3) is 0 Å². The fraction of sp³-hybridized carbons (Fsp3) is 0.500. The van der Waals surface area contributed by atoms with Crippen molar-refractivity contribution in [3.63, 3.8) is 0 Å². The summed E-state index contributed by atoms with van der Waals surface area (Å²) in [5.41, 5.74) is 3.10. The quantitative estimate of drug-likeness (QED) is 0.264. The molecule has 2 heterocycles. The zero-order valence-electron chi connectivity index (χ0n) is 17.0. The summed E-state index contributed by atoms with van der Waals surface area (Å²) >= 11 is 0. The van der Waals surface area contributed by atoms with Gasteiger partial charge in [-0.25, -0.2) is 4.98 Å². The molecule has 1 aromatic heterocycles. The van der Waals surface area contributed by atoms with E-state index in [0.717, 1.165) is 56.2 Å². The Balaban J connectivity index is 1.76. The number of hydrogen-bond donors (Lipinski definition) is 2. The molecular weight excluding hydrogens is 352 g/mol. The predicted octanol–water partition coefficient (Wildman–Crippen LogP) is 2.59. The zero-order valence-corrected chi connectivity index (χ0v) is 17.0. The molecule has 0 bridgehead atoms. The second kappa shape index (κ2) is 8.97. The lowest BCUT2D eigenvalue weighted by molar-refractivity contribution is 0.242. The summed E-state index contributed by atoms with van der Waals surface area (Å²) in [7, 11) is 2.03. The summed E-state index contributed by atoms with van der Waals surface area (Å²) in [6.07, 6.45) is 4.84. The highest BCUT2D eigenvalue weighted by atomic mass is 15.3. The van der Waals surface area contributed by atoms with Gasteiger partial charge in [-0.05, 0) is 30.0 Å². The van der Waals surface area contributed by atoms with Gasteiger partial charge < -0.3 is 15.3 Å². The maximum atomic E-state index is 8.21. The lowest BCUT2D eigenvalue weighted by Crippen LogP contribution is -2.46. The molecule has 1 saturated heterocycles. The number of nitrogens with zero attached hydrogens (tertiary/aromatic N) is 6. The molecule has 0 unspecified atom stereocenters. The van der Waals surface area contributed by atoms with Crippen LogP contribution in [0.3, 0.4) is 0 Å². The van der Waals surface area contributed by atoms with Crippen molar-refractivity contribution in [1.29, 1.82) is 5.41 Å². The molecule has 8 heteroatoms. The van der Waals surface area contributed by atoms with Crippen molar-refractivity contribution in [3.05, 3.63) is 47.5 Å². The lowest BCUT2D eigenvalue weighted by atomic mass is 9.99. The van der Waals surface area contributed by atoms with Gasteiger partial charge in [0.25, 0.3) is 0 Å². The molecule has 1 aliphatic rings. The van der Waals surface area contributed by atoms with Gasteiger partial charge in [-0.2, -0.15) is 0 Å². The Labute approximate surface area is 166 Å². The van der Waals surface area contributed by atoms with Crippen molar-refractivity contribution in [1.82, 2.24) is 14.5 Å². The van der Waals surface area contributed by atoms with Crippen molar-refractivity contribution in [2.24, 2.45) is 29.1 Å². The topological polar surface area (TPSA) is 98.9 Å². The average molecular weight is 383 g/mol. The van der Waals surface area contributed by atoms with E-state index in [0.29, 0.717) is 5.92 Å². The minimum Gasteiger partial charge on any atom is -0.368 e. The van der Waals surface area contributed by atoms with Crippen LogP contribution in [0.5, 0.6) is 0 Å². The van der Waals surface area contributed by atoms with E-state index in [1.165, 1.54) is 5.56 Å². The highest BCUT2D eigenvalue weighted by molar-refractivity contribution is 6.02. The Hall–Kier alpha value is -2.74. The third-order valence-electron chi connectivity index (χ3n) is 5.12. The molecule has 2 aromatic rings. The van der Waals surface area contributed by atoms with Crippen LogP contribution in [0.15, 0.2) is 40.9 Å². The van der Waals surface area contributed by atoms with Crippen LogP contribution in [0.1, 0.15) is 30.8 Å². The van der Waals surface area contributed by atoms with Crippen LogP contribution < -0.4 is 10.7 Å². The second-order valence-corrected chi connectivity index (χ2v) is 7.73. The normalized spacial score (nSPS) is 15.6. The number of benzene rings is 1. The molecule has 0 amide bonds. The first-order valence-electron chi connectivity index (χ1n) is 9.74. The number of amidine groups is 1. The number of piperazine rings is 1. The number of anilines is 1. The summed E-state index contributed by atoms with van der Waals surface area (Å²) in [6.45, 7) is 8.99. The summed E-state index contributed by atoms with van der Waals surface area (Å²) in [5.74, 6) is 6.94. The summed E-state index contributed by atoms with van der Waals surface area (Å²) in [6, 6.07) is 6.26. The molecule has 1 aromatic carbocycles. The molecule has 8 nitrogen and oxygen atoms in total. The van der Waals surface area contributed by atoms with Crippen LogP contribution in [0, 0.1) is 11.3 Å². The molecular formula is C20H30N8. The van der Waals surface area contributed by atoms with Crippen molar-refractivity contribution in [3.8, 4) is 0 Å². The molecule has 3 N–H and O–H groups in total. The van der Waals surface area contributed by atoms with Crippen molar-refractivity contribution < 1.29 is 0 Å². The minimum atomic E-state index is 0.101. The molecule has 3 rings (SSSR count). The van der Waals surface area contributed by atoms with Gasteiger partial charge in [0.15, 0.2) is 5.84 Å². The number of nitrogens with one attached hydrogen (secondary N) is 1. The molecule has 0 spiro atoms. The second-order valence-electron chi connectivity index (χ2n) is 7.73. The fourth-order valence-corrected chi connectivity index (χ4v) is 3.64. The fourth-order valence-electron chi connectivity index (χ4n) is 3.64. The largest absolute Gasteiger partial charge is 0.368 e. The molecule has 0 aliphatic carbocycles. The number of aromatic nitrogens is 2. The third kappa shape index (κ3) is 4.75. The summed E-state index contributed by atoms with van der Waals surface area (Å²) < 4.78 is 2.07. The Morgan fingerprint density at radius 3 is 2.61 bits per heavy atom. The first-order valence-corrected chi connectivity index (χ1v) is 9.74. The van der Waals surface area contributed by atoms with Crippen LogP contribution in [-0.4, -0.2) is 46.5 Å². The molecule has 0 saturated carbocycles. The Bertz CT molecular complexity index is 830. The van der Waals surface area contributed by atoms with Gasteiger partial charge in [-0.15, -0.1) is 5.11 Å². The van der Waals surface area contributed by atoms with E-state index in [4.69, 9.17) is 11.3 Å². The summed E-state index contributed by atoms with van der Waals surface area (Å²) in [5, 5.41) is 15.3. The van der Waals surface area contributed by atoms with Crippen molar-refractivity contribution >= 4 is 11.5 Å². The first kappa shape index (κ1) is 20.0. The van der Waals surface area contributed by atoms with Gasteiger partial charge in [0, 0.05) is 56.9 Å². The number of hydrogen-bond acceptors (Lipinski definition) is 5. The van der Waals surface area contributed by atoms with E-state index >= 15 is 0 Å². The van der Waals surface area contributed by atoms with E-state index in [9.17, 15) is 0 Å². The molecule has 28 heavy (non-hydrogen) atoms. The third-order valence-corrected chi connectivity index (χ3v) is 5.12. The van der Waals surface area contributed by atoms with Gasteiger partial charge in [-0.1, -0.05) is 25.1 Å². The van der Waals surface area contributed by atoms with E-state index < -0.39 is 0 Å². The summed E-state index contributed by atoms with van der Waals surface area (Å²) in [4.78, 5) is 9.19. The SMILES string of the molecule is CC(C)Cc1ccc(C(=N)N=NN)c(N2CCN(Cc3nccn3C)CC2)c1. The van der Waals surface area contributed by atoms with Crippen molar-refractivity contribution in [2.75, 3.05) is 31.1 Å². The Morgan fingerprint density at radius 1 is 1.25 bits per heavy atom. The maximum absolute atomic E-state index is 8.21. The van der Waals surface area contributed by atoms with E-state index in [1.54, 1.807) is 0 Å². The highest BCUT2D eigenvalue weighted by Crippen LogP contribution is 2.26. The van der Waals surface area contributed by atoms with E-state index in [1.807, 2.05) is 25.5 Å². The van der Waals surface area contributed by atoms with Gasteiger partial charge in [-0.3, -0.25) is 10.3 Å². The van der Waals surface area contributed by atoms with Gasteiger partial charge >= 0.3 is 0 Å². The minimum absolute atomic E-state index is 0.101. The highest BCUT2D eigenvalue weighted by Gasteiger charge is 2.22. The van der Waals surface area contributed by atoms with Crippen LogP contribution in [-0.2, 0) is 20.0 Å². The number of aryl methyl sites for hydroxylation is 1. The van der Waals surface area contributed by atoms with E-state index in [-0.39, 0.29) is 5.84 Å². The standard InChI is InChI=1S/C20H30N8/c1-15(2)12-16-4-5-17(20(21)24-25-22)18(13-16)28-10-8-27(9-11-28)14-19-23-6-7-26(19)3/h4-7,13,15H,8-12,14H2,1-3H3,(H3,21,22,24). The first-order chi connectivity index (χ1) is 13.5.